The molecule has 1 fully saturated rings. The van der Waals surface area contributed by atoms with Crippen molar-refractivity contribution in [3.8, 4) is 11.5 Å². The highest BCUT2D eigenvalue weighted by Gasteiger charge is 2.29. The van der Waals surface area contributed by atoms with Crippen molar-refractivity contribution in [1.29, 1.82) is 0 Å². The summed E-state index contributed by atoms with van der Waals surface area (Å²) < 4.78 is 2.78. The number of aromatic nitrogens is 7. The Balaban J connectivity index is 1.62. The van der Waals surface area contributed by atoms with E-state index in [1.54, 1.807) is 18.5 Å². The van der Waals surface area contributed by atoms with Gasteiger partial charge in [-0.15, -0.1) is 5.10 Å². The SMILES string of the molecule is CN(C)C1CN(c2cc(-n3[nH]cc(-n4ccnn4)c3=O)ncn2)C1. The van der Waals surface area contributed by atoms with E-state index >= 15 is 0 Å². The Morgan fingerprint density at radius 1 is 1.25 bits per heavy atom. The number of nitrogens with one attached hydrogen (secondary N) is 1. The third kappa shape index (κ3) is 2.36. The Morgan fingerprint density at radius 3 is 2.75 bits per heavy atom. The van der Waals surface area contributed by atoms with Gasteiger partial charge in [0.25, 0.3) is 5.56 Å². The molecule has 1 aliphatic rings. The van der Waals surface area contributed by atoms with Crippen LogP contribution in [0.15, 0.2) is 35.8 Å². The molecule has 0 spiro atoms. The molecule has 0 aliphatic carbocycles. The highest BCUT2D eigenvalue weighted by Crippen LogP contribution is 2.21. The molecule has 0 amide bonds. The summed E-state index contributed by atoms with van der Waals surface area (Å²) in [6.07, 6.45) is 6.17. The summed E-state index contributed by atoms with van der Waals surface area (Å²) in [6.45, 7) is 1.82. The largest absolute Gasteiger partial charge is 0.353 e. The molecule has 1 saturated heterocycles. The fourth-order valence-electron chi connectivity index (χ4n) is 2.63. The van der Waals surface area contributed by atoms with Crippen molar-refractivity contribution in [1.82, 2.24) is 39.6 Å². The number of anilines is 1. The number of rotatable bonds is 4. The average Bonchev–Trinajstić information content (AvgIpc) is 3.14. The summed E-state index contributed by atoms with van der Waals surface area (Å²) >= 11 is 0. The van der Waals surface area contributed by atoms with Crippen LogP contribution in [0, 0.1) is 0 Å². The third-order valence-electron chi connectivity index (χ3n) is 4.21. The Morgan fingerprint density at radius 2 is 2.04 bits per heavy atom. The van der Waals surface area contributed by atoms with Gasteiger partial charge < -0.3 is 9.80 Å². The van der Waals surface area contributed by atoms with Crippen LogP contribution in [0.1, 0.15) is 0 Å². The Kier molecular flexibility index (Phi) is 3.38. The molecule has 24 heavy (non-hydrogen) atoms. The molecule has 4 rings (SSSR count). The molecule has 0 saturated carbocycles. The van der Waals surface area contributed by atoms with Gasteiger partial charge in [-0.1, -0.05) is 5.21 Å². The van der Waals surface area contributed by atoms with Crippen molar-refractivity contribution < 1.29 is 0 Å². The van der Waals surface area contributed by atoms with Crippen LogP contribution in [0.3, 0.4) is 0 Å². The molecule has 4 heterocycles. The summed E-state index contributed by atoms with van der Waals surface area (Å²) in [4.78, 5) is 25.4. The zero-order valence-corrected chi connectivity index (χ0v) is 13.4. The molecule has 1 N–H and O–H groups in total. The molecule has 0 unspecified atom stereocenters. The van der Waals surface area contributed by atoms with Crippen LogP contribution in [0.25, 0.3) is 11.5 Å². The summed E-state index contributed by atoms with van der Waals surface area (Å²) in [5.41, 5.74) is 0.129. The highest BCUT2D eigenvalue weighted by molar-refractivity contribution is 5.46. The van der Waals surface area contributed by atoms with Gasteiger partial charge in [0, 0.05) is 25.2 Å². The van der Waals surface area contributed by atoms with Crippen molar-refractivity contribution in [3.05, 3.63) is 41.3 Å². The molecular formula is C14H17N9O. The van der Waals surface area contributed by atoms with E-state index in [-0.39, 0.29) is 5.56 Å². The van der Waals surface area contributed by atoms with Crippen molar-refractivity contribution in [3.63, 3.8) is 0 Å². The zero-order chi connectivity index (χ0) is 16.7. The van der Waals surface area contributed by atoms with E-state index in [4.69, 9.17) is 0 Å². The lowest BCUT2D eigenvalue weighted by molar-refractivity contribution is 0.246. The summed E-state index contributed by atoms with van der Waals surface area (Å²) in [5.74, 6) is 1.30. The maximum atomic E-state index is 12.5. The molecule has 10 nitrogen and oxygen atoms in total. The normalized spacial score (nSPS) is 15.0. The number of likely N-dealkylation sites (N-methyl/N-ethyl adjacent to an activating group) is 1. The summed E-state index contributed by atoms with van der Waals surface area (Å²) in [5, 5.41) is 10.5. The van der Waals surface area contributed by atoms with Gasteiger partial charge in [0.05, 0.1) is 18.6 Å². The summed E-state index contributed by atoms with van der Waals surface area (Å²) in [7, 11) is 4.13. The van der Waals surface area contributed by atoms with E-state index in [1.807, 2.05) is 0 Å². The standard InChI is InChI=1S/C14H17N9O/c1-20(2)10-7-21(8-10)12-5-13(16-9-15-12)23-14(24)11(6-18-23)22-4-3-17-19-22/h3-6,9-10,18H,7-8H2,1-2H3. The number of nitrogens with zero attached hydrogens (tertiary/aromatic N) is 8. The monoisotopic (exact) mass is 327 g/mol. The molecule has 3 aromatic heterocycles. The lowest BCUT2D eigenvalue weighted by atomic mass is 10.1. The van der Waals surface area contributed by atoms with Crippen molar-refractivity contribution in [2.24, 2.45) is 0 Å². The van der Waals surface area contributed by atoms with Crippen LogP contribution in [0.4, 0.5) is 5.82 Å². The Hall–Kier alpha value is -3.01. The molecule has 124 valence electrons. The minimum absolute atomic E-state index is 0.250. The van der Waals surface area contributed by atoms with E-state index in [0.717, 1.165) is 18.9 Å². The van der Waals surface area contributed by atoms with Crippen molar-refractivity contribution in [2.45, 2.75) is 6.04 Å². The molecule has 0 radical (unpaired) electrons. The van der Waals surface area contributed by atoms with Crippen molar-refractivity contribution >= 4 is 5.82 Å². The van der Waals surface area contributed by atoms with Gasteiger partial charge in [0.1, 0.15) is 12.1 Å². The minimum Gasteiger partial charge on any atom is -0.353 e. The number of hydrogen-bond acceptors (Lipinski definition) is 7. The topological polar surface area (TPSA) is 101 Å². The second-order valence-electron chi connectivity index (χ2n) is 5.90. The van der Waals surface area contributed by atoms with E-state index in [2.05, 4.69) is 49.3 Å². The second kappa shape index (κ2) is 5.57. The van der Waals surface area contributed by atoms with Gasteiger partial charge in [0.2, 0.25) is 0 Å². The lowest BCUT2D eigenvalue weighted by Gasteiger charge is -2.43. The molecule has 0 bridgehead atoms. The zero-order valence-electron chi connectivity index (χ0n) is 13.4. The molecule has 1 aliphatic heterocycles. The van der Waals surface area contributed by atoms with Gasteiger partial charge in [-0.25, -0.2) is 14.6 Å². The van der Waals surface area contributed by atoms with E-state index in [0.29, 0.717) is 17.5 Å². The van der Waals surface area contributed by atoms with Crippen LogP contribution >= 0.6 is 0 Å². The first kappa shape index (κ1) is 14.6. The maximum Gasteiger partial charge on any atom is 0.298 e. The van der Waals surface area contributed by atoms with Gasteiger partial charge >= 0.3 is 0 Å². The predicted molar refractivity (Wildman–Crippen MR) is 86.6 cm³/mol. The Bertz CT molecular complexity index is 889. The smallest absolute Gasteiger partial charge is 0.298 e. The van der Waals surface area contributed by atoms with Gasteiger partial charge in [-0.2, -0.15) is 4.68 Å². The van der Waals surface area contributed by atoms with Crippen LogP contribution in [0.2, 0.25) is 0 Å². The van der Waals surface area contributed by atoms with E-state index < -0.39 is 0 Å². The predicted octanol–water partition coefficient (Wildman–Crippen LogP) is -0.713. The van der Waals surface area contributed by atoms with Gasteiger partial charge in [-0.05, 0) is 14.1 Å². The first-order valence-corrected chi connectivity index (χ1v) is 7.54. The average molecular weight is 327 g/mol. The van der Waals surface area contributed by atoms with Crippen LogP contribution in [-0.2, 0) is 0 Å². The Labute approximate surface area is 137 Å². The molecular weight excluding hydrogens is 310 g/mol. The molecule has 10 heteroatoms. The van der Waals surface area contributed by atoms with Crippen LogP contribution in [0.5, 0.6) is 0 Å². The number of aromatic amines is 1. The van der Waals surface area contributed by atoms with E-state index in [9.17, 15) is 4.79 Å². The van der Waals surface area contributed by atoms with Crippen LogP contribution < -0.4 is 10.5 Å². The molecule has 0 aromatic carbocycles. The number of hydrogen-bond donors (Lipinski definition) is 1. The first-order chi connectivity index (χ1) is 11.6. The fraction of sp³-hybridized carbons (Fsp3) is 0.357. The van der Waals surface area contributed by atoms with Crippen LogP contribution in [-0.4, -0.2) is 72.9 Å². The minimum atomic E-state index is -0.250. The van der Waals surface area contributed by atoms with E-state index in [1.165, 1.54) is 21.9 Å². The van der Waals surface area contributed by atoms with Crippen molar-refractivity contribution in [2.75, 3.05) is 32.1 Å². The van der Waals surface area contributed by atoms with Gasteiger partial charge in [0.15, 0.2) is 11.5 Å². The number of H-pyrrole nitrogens is 1. The van der Waals surface area contributed by atoms with Gasteiger partial charge in [-0.3, -0.25) is 9.89 Å². The maximum absolute atomic E-state index is 12.5. The quantitative estimate of drug-likeness (QED) is 0.675. The second-order valence-corrected chi connectivity index (χ2v) is 5.90. The lowest BCUT2D eigenvalue weighted by Crippen LogP contribution is -2.57. The highest BCUT2D eigenvalue weighted by atomic mass is 16.1. The third-order valence-corrected chi connectivity index (χ3v) is 4.21. The summed E-state index contributed by atoms with van der Waals surface area (Å²) in [6, 6.07) is 2.32. The molecule has 0 atom stereocenters. The molecule has 3 aromatic rings. The fourth-order valence-corrected chi connectivity index (χ4v) is 2.63. The first-order valence-electron chi connectivity index (χ1n) is 7.54.